The predicted octanol–water partition coefficient (Wildman–Crippen LogP) is 4.29. The van der Waals surface area contributed by atoms with Crippen molar-refractivity contribution in [3.63, 3.8) is 0 Å². The van der Waals surface area contributed by atoms with E-state index in [1.54, 1.807) is 36.4 Å². The third-order valence-corrected chi connectivity index (χ3v) is 8.15. The van der Waals surface area contributed by atoms with Gasteiger partial charge in [-0.2, -0.15) is 0 Å². The van der Waals surface area contributed by atoms with Gasteiger partial charge in [0.1, 0.15) is 17.3 Å². The number of carbonyl (C=O) groups excluding carboxylic acids is 1. The summed E-state index contributed by atoms with van der Waals surface area (Å²) in [5, 5.41) is 2.81. The summed E-state index contributed by atoms with van der Waals surface area (Å²) in [6, 6.07) is 16.7. The van der Waals surface area contributed by atoms with Crippen molar-refractivity contribution in [2.75, 3.05) is 11.5 Å². The van der Waals surface area contributed by atoms with Gasteiger partial charge in [0.2, 0.25) is 0 Å². The molecule has 30 heavy (non-hydrogen) atoms. The lowest BCUT2D eigenvalue weighted by Gasteiger charge is -2.12. The van der Waals surface area contributed by atoms with Crippen LogP contribution in [-0.2, 0) is 16.4 Å². The molecule has 5 nitrogen and oxygen atoms in total. The lowest BCUT2D eigenvalue weighted by atomic mass is 10.2. The summed E-state index contributed by atoms with van der Waals surface area (Å²) < 4.78 is 42.2. The number of thioether (sulfide) groups is 1. The summed E-state index contributed by atoms with van der Waals surface area (Å²) in [5.74, 6) is 0.954. The molecule has 1 atom stereocenters. The molecule has 1 saturated heterocycles. The Labute approximate surface area is 178 Å². The number of sulfone groups is 1. The van der Waals surface area contributed by atoms with E-state index in [4.69, 9.17) is 4.42 Å². The normalized spacial score (nSPS) is 17.7. The van der Waals surface area contributed by atoms with E-state index in [0.717, 1.165) is 10.5 Å². The maximum absolute atomic E-state index is 13.1. The van der Waals surface area contributed by atoms with Crippen LogP contribution in [0.2, 0.25) is 0 Å². The molecule has 156 valence electrons. The van der Waals surface area contributed by atoms with E-state index in [2.05, 4.69) is 5.32 Å². The fourth-order valence-electron chi connectivity index (χ4n) is 3.30. The van der Waals surface area contributed by atoms with Crippen molar-refractivity contribution < 1.29 is 22.0 Å². The van der Waals surface area contributed by atoms with Crippen molar-refractivity contribution in [2.45, 2.75) is 23.1 Å². The molecule has 1 fully saturated rings. The lowest BCUT2D eigenvalue weighted by molar-refractivity contribution is 0.0945. The Bertz CT molecular complexity index is 1160. The third kappa shape index (κ3) is 4.94. The zero-order valence-corrected chi connectivity index (χ0v) is 17.6. The van der Waals surface area contributed by atoms with Gasteiger partial charge in [-0.25, -0.2) is 12.8 Å². The maximum Gasteiger partial charge on any atom is 0.252 e. The molecule has 4 rings (SSSR count). The number of furan rings is 1. The minimum atomic E-state index is -2.97. The van der Waals surface area contributed by atoms with Crippen molar-refractivity contribution in [1.29, 1.82) is 0 Å². The Morgan fingerprint density at radius 1 is 1.10 bits per heavy atom. The Kier molecular flexibility index (Phi) is 5.97. The number of amides is 1. The van der Waals surface area contributed by atoms with Crippen LogP contribution in [0.3, 0.4) is 0 Å². The van der Waals surface area contributed by atoms with E-state index in [9.17, 15) is 17.6 Å². The van der Waals surface area contributed by atoms with Gasteiger partial charge in [0.15, 0.2) is 9.84 Å². The first-order valence-electron chi connectivity index (χ1n) is 9.48. The van der Waals surface area contributed by atoms with Gasteiger partial charge in [0, 0.05) is 15.7 Å². The van der Waals surface area contributed by atoms with Gasteiger partial charge in [0.05, 0.1) is 23.6 Å². The van der Waals surface area contributed by atoms with Crippen LogP contribution in [0, 0.1) is 5.82 Å². The van der Waals surface area contributed by atoms with Gasteiger partial charge in [-0.3, -0.25) is 4.79 Å². The van der Waals surface area contributed by atoms with Gasteiger partial charge < -0.3 is 9.73 Å². The van der Waals surface area contributed by atoms with Crippen molar-refractivity contribution in [2.24, 2.45) is 0 Å². The molecule has 1 amide bonds. The number of nitrogens with one attached hydrogen (secondary N) is 1. The Morgan fingerprint density at radius 3 is 2.60 bits per heavy atom. The molecule has 2 heterocycles. The van der Waals surface area contributed by atoms with Crippen molar-refractivity contribution in [3.05, 3.63) is 77.8 Å². The van der Waals surface area contributed by atoms with Crippen LogP contribution in [0.1, 0.15) is 22.5 Å². The van der Waals surface area contributed by atoms with Crippen LogP contribution in [0.4, 0.5) is 4.39 Å². The van der Waals surface area contributed by atoms with Crippen LogP contribution in [-0.4, -0.2) is 31.1 Å². The van der Waals surface area contributed by atoms with Crippen LogP contribution in [0.5, 0.6) is 0 Å². The third-order valence-electron chi connectivity index (χ3n) is 4.83. The Balaban J connectivity index is 1.41. The number of carbonyl (C=O) groups is 1. The highest BCUT2D eigenvalue weighted by molar-refractivity contribution is 8.02. The van der Waals surface area contributed by atoms with E-state index in [1.807, 2.05) is 12.1 Å². The van der Waals surface area contributed by atoms with Gasteiger partial charge in [-0.1, -0.05) is 12.1 Å². The number of hydrogen-bond acceptors (Lipinski definition) is 5. The molecular formula is C22H20FNO4S2. The molecule has 1 N–H and O–H groups in total. The highest BCUT2D eigenvalue weighted by Gasteiger charge is 2.29. The summed E-state index contributed by atoms with van der Waals surface area (Å²) in [6.45, 7) is 0.205. The summed E-state index contributed by atoms with van der Waals surface area (Å²) in [7, 11) is -2.97. The Morgan fingerprint density at radius 2 is 1.87 bits per heavy atom. The second-order valence-corrected chi connectivity index (χ2v) is 10.7. The molecular weight excluding hydrogens is 425 g/mol. The van der Waals surface area contributed by atoms with E-state index in [-0.39, 0.29) is 35.0 Å². The standard InChI is InChI=1S/C22H20FNO4S2/c23-16-7-5-15(6-8-16)20-10-9-17(28-20)13-24-22(25)19-3-1-2-4-21(19)29-18-11-12-30(26,27)14-18/h1-10,18H,11-14H2,(H,24,25)/t18-/m1/s1. The second-order valence-electron chi connectivity index (χ2n) is 7.09. The first-order valence-corrected chi connectivity index (χ1v) is 12.2. The number of benzene rings is 2. The zero-order valence-electron chi connectivity index (χ0n) is 16.0. The second kappa shape index (κ2) is 8.65. The molecule has 2 aromatic carbocycles. The molecule has 0 aliphatic carbocycles. The monoisotopic (exact) mass is 445 g/mol. The minimum absolute atomic E-state index is 0.0349. The van der Waals surface area contributed by atoms with Crippen LogP contribution < -0.4 is 5.32 Å². The topological polar surface area (TPSA) is 76.4 Å². The van der Waals surface area contributed by atoms with Gasteiger partial charge >= 0.3 is 0 Å². The van der Waals surface area contributed by atoms with E-state index in [1.165, 1.54) is 23.9 Å². The fourth-order valence-corrected chi connectivity index (χ4v) is 6.92. The largest absolute Gasteiger partial charge is 0.459 e. The van der Waals surface area contributed by atoms with Crippen molar-refractivity contribution >= 4 is 27.5 Å². The Hall–Kier alpha value is -2.58. The van der Waals surface area contributed by atoms with Crippen LogP contribution in [0.15, 0.2) is 70.0 Å². The number of hydrogen-bond donors (Lipinski definition) is 1. The molecule has 1 aliphatic heterocycles. The molecule has 3 aromatic rings. The average Bonchev–Trinajstić information content (AvgIpc) is 3.33. The van der Waals surface area contributed by atoms with Gasteiger partial charge in [-0.15, -0.1) is 11.8 Å². The summed E-state index contributed by atoms with van der Waals surface area (Å²) in [5.41, 5.74) is 1.26. The molecule has 0 unspecified atom stereocenters. The fraction of sp³-hybridized carbons (Fsp3) is 0.227. The first-order chi connectivity index (χ1) is 14.4. The molecule has 0 saturated carbocycles. The van der Waals surface area contributed by atoms with Gasteiger partial charge in [-0.05, 0) is 55.0 Å². The SMILES string of the molecule is O=C(NCc1ccc(-c2ccc(F)cc2)o1)c1ccccc1S[C@@H]1CCS(=O)(=O)C1. The van der Waals surface area contributed by atoms with E-state index in [0.29, 0.717) is 23.5 Å². The maximum atomic E-state index is 13.1. The molecule has 0 spiro atoms. The molecule has 1 aliphatic rings. The first kappa shape index (κ1) is 20.7. The number of halogens is 1. The molecule has 1 aromatic heterocycles. The molecule has 8 heteroatoms. The number of rotatable bonds is 6. The summed E-state index contributed by atoms with van der Waals surface area (Å²) >= 11 is 1.44. The zero-order chi connectivity index (χ0) is 21.1. The highest BCUT2D eigenvalue weighted by Crippen LogP contribution is 2.33. The van der Waals surface area contributed by atoms with Crippen LogP contribution in [0.25, 0.3) is 11.3 Å². The molecule has 0 bridgehead atoms. The van der Waals surface area contributed by atoms with E-state index < -0.39 is 9.84 Å². The molecule has 0 radical (unpaired) electrons. The quantitative estimate of drug-likeness (QED) is 0.612. The van der Waals surface area contributed by atoms with Crippen LogP contribution >= 0.6 is 11.8 Å². The summed E-state index contributed by atoms with van der Waals surface area (Å²) in [6.07, 6.45) is 0.599. The van der Waals surface area contributed by atoms with E-state index >= 15 is 0 Å². The van der Waals surface area contributed by atoms with Crippen molar-refractivity contribution in [3.8, 4) is 11.3 Å². The average molecular weight is 446 g/mol. The minimum Gasteiger partial charge on any atom is -0.459 e. The smallest absolute Gasteiger partial charge is 0.252 e. The lowest BCUT2D eigenvalue weighted by Crippen LogP contribution is -2.23. The summed E-state index contributed by atoms with van der Waals surface area (Å²) in [4.78, 5) is 13.5. The van der Waals surface area contributed by atoms with Crippen molar-refractivity contribution in [1.82, 2.24) is 5.32 Å². The highest BCUT2D eigenvalue weighted by atomic mass is 32.2. The van der Waals surface area contributed by atoms with Gasteiger partial charge in [0.25, 0.3) is 5.91 Å². The predicted molar refractivity (Wildman–Crippen MR) is 115 cm³/mol.